The molecule has 0 unspecified atom stereocenters. The van der Waals surface area contributed by atoms with Gasteiger partial charge in [-0.15, -0.1) is 0 Å². The van der Waals surface area contributed by atoms with Gasteiger partial charge in [0.2, 0.25) is 0 Å². The van der Waals surface area contributed by atoms with Crippen molar-refractivity contribution in [2.45, 2.75) is 13.8 Å². The number of imidazole rings is 2. The van der Waals surface area contributed by atoms with Gasteiger partial charge in [0.15, 0.2) is 5.11 Å². The standard InChI is InChI=1S/C11H12N2O2S.C9H9N3O6.C9H13N3O2.C7H6N4S.C6H4N2O5.C3H6ClNO.CH4/c1-13(2)11(14)15-8-3-4-9-7(5-8)6-10(16)12-9;1-10(2)9(13)18-6-3-4-7(11(14)15)8(5-6)12(16)17;1-12(2)9(13)14-6-3-4-7(10)8(11)5-6;12-7(10-3-1-8-5-10)11-4-2-9-6-11;9-4-1-2-5(7(10)11)6(3-4)8(12)13;1-5(2)3(4)6;/h3-5H,6H2,1-2H3,(H,12,16);3-5H,1-2H3;3-5H,10-11H2,1-2H3;1-6H;1-3,9H;1-2H3;1H4. The van der Waals surface area contributed by atoms with E-state index in [0.717, 1.165) is 57.5 Å². The number of benzene rings is 4. The van der Waals surface area contributed by atoms with Crippen LogP contribution in [-0.2, 0) is 6.42 Å². The number of carbonyl (C=O) groups is 4. The molecule has 4 aromatic carbocycles. The van der Waals surface area contributed by atoms with Gasteiger partial charge >= 0.3 is 46.4 Å². The Morgan fingerprint density at radius 2 is 1.00 bits per heavy atom. The summed E-state index contributed by atoms with van der Waals surface area (Å²) in [5, 5.41) is 53.9. The molecule has 0 radical (unpaired) electrons. The summed E-state index contributed by atoms with van der Waals surface area (Å²) in [4.78, 5) is 95.4. The molecule has 80 heavy (non-hydrogen) atoms. The lowest BCUT2D eigenvalue weighted by Gasteiger charge is -2.11. The summed E-state index contributed by atoms with van der Waals surface area (Å²) in [6, 6.07) is 15.6. The van der Waals surface area contributed by atoms with Crippen molar-refractivity contribution in [3.8, 4) is 23.0 Å². The number of rotatable bonds is 7. The third kappa shape index (κ3) is 22.6. The van der Waals surface area contributed by atoms with Gasteiger partial charge in [-0.05, 0) is 71.8 Å². The normalized spacial score (nSPS) is 10.1. The zero-order valence-electron chi connectivity index (χ0n) is 42.9. The molecule has 7 rings (SSSR count). The molecule has 428 valence electrons. The number of halogens is 1. The van der Waals surface area contributed by atoms with Gasteiger partial charge < -0.3 is 55.7 Å². The van der Waals surface area contributed by atoms with Crippen LogP contribution in [0.5, 0.6) is 23.0 Å². The molecule has 31 nitrogen and oxygen atoms in total. The lowest BCUT2D eigenvalue weighted by molar-refractivity contribution is -0.422. The monoisotopic (exact) mass is 1170 g/mol. The van der Waals surface area contributed by atoms with Gasteiger partial charge in [0.05, 0.1) is 48.2 Å². The number of anilines is 3. The topological polar surface area (TPSA) is 401 Å². The maximum absolute atomic E-state index is 11.3. The second-order valence-corrected chi connectivity index (χ2v) is 17.0. The smallest absolute Gasteiger partial charge is 0.414 e. The Morgan fingerprint density at radius 1 is 0.613 bits per heavy atom. The fraction of sp³-hybridized carbons (Fsp3) is 0.217. The van der Waals surface area contributed by atoms with Crippen LogP contribution in [0.3, 0.4) is 0 Å². The molecule has 6 N–H and O–H groups in total. The summed E-state index contributed by atoms with van der Waals surface area (Å²) < 4.78 is 18.4. The lowest BCUT2D eigenvalue weighted by Crippen LogP contribution is -2.25. The molecule has 0 spiro atoms. The highest BCUT2D eigenvalue weighted by molar-refractivity contribution is 7.80. The van der Waals surface area contributed by atoms with Crippen LogP contribution in [0.4, 0.5) is 59.0 Å². The Morgan fingerprint density at radius 3 is 1.39 bits per heavy atom. The Balaban J connectivity index is 0.000000488. The molecule has 0 fully saturated rings. The first-order chi connectivity index (χ1) is 36.9. The fourth-order valence-corrected chi connectivity index (χ4v) is 5.50. The predicted octanol–water partition coefficient (Wildman–Crippen LogP) is 8.03. The number of phenols is 1. The van der Waals surface area contributed by atoms with Gasteiger partial charge in [-0.2, -0.15) is 0 Å². The quantitative estimate of drug-likeness (QED) is 0.0293. The number of thiocarbonyl (C=S) groups is 2. The van der Waals surface area contributed by atoms with Crippen molar-refractivity contribution in [1.29, 1.82) is 0 Å². The van der Waals surface area contributed by atoms with Crippen LogP contribution in [-0.4, -0.2) is 154 Å². The predicted molar refractivity (Wildman–Crippen MR) is 301 cm³/mol. The first kappa shape index (κ1) is 67.9. The van der Waals surface area contributed by atoms with Crippen molar-refractivity contribution < 1.29 is 58.2 Å². The molecule has 4 amide bonds. The first-order valence-corrected chi connectivity index (χ1v) is 22.8. The van der Waals surface area contributed by atoms with E-state index < -0.39 is 60.0 Å². The van der Waals surface area contributed by atoms with E-state index in [9.17, 15) is 59.6 Å². The second-order valence-electron chi connectivity index (χ2n) is 15.8. The van der Waals surface area contributed by atoms with Crippen molar-refractivity contribution in [3.05, 3.63) is 156 Å². The van der Waals surface area contributed by atoms with Crippen molar-refractivity contribution in [2.24, 2.45) is 0 Å². The molecule has 1 aliphatic heterocycles. The largest absolute Gasteiger partial charge is 0.508 e. The summed E-state index contributed by atoms with van der Waals surface area (Å²) in [5.41, 5.74) is 11.2. The number of nitrogens with two attached hydrogens (primary N) is 2. The summed E-state index contributed by atoms with van der Waals surface area (Å²) in [6.45, 7) is 0. The number of aromatic hydroxyl groups is 1. The number of amides is 4. The fourth-order valence-electron chi connectivity index (χ4n) is 5.02. The SMILES string of the molecule is C.CN(C)C(=O)Cl.CN(C)C(=O)Oc1ccc(N)c(N)c1.CN(C)C(=O)Oc1ccc([N+](=O)[O-])c([N+](=O)[O-])c1.CN(C)C(=O)Oc1ccc2c(c1)CC(=S)N2.O=[N+]([O-])c1ccc(O)cc1[N+](=O)[O-].S=C(n1ccnc1)n1ccnc1. The summed E-state index contributed by atoms with van der Waals surface area (Å²) >= 11 is 15.1. The first-order valence-electron chi connectivity index (χ1n) is 21.6. The molecular weight excluding hydrogens is 1120 g/mol. The zero-order valence-corrected chi connectivity index (χ0v) is 45.3. The number of aromatic nitrogens is 4. The minimum absolute atomic E-state index is 0. The van der Waals surface area contributed by atoms with E-state index in [0.29, 0.717) is 34.4 Å². The minimum atomic E-state index is -0.919. The molecule has 2 aromatic heterocycles. The summed E-state index contributed by atoms with van der Waals surface area (Å²) in [7, 11) is 12.5. The minimum Gasteiger partial charge on any atom is -0.508 e. The number of carbonyl (C=O) groups excluding carboxylic acids is 4. The van der Waals surface area contributed by atoms with Crippen LogP contribution in [0, 0.1) is 40.5 Å². The molecule has 34 heteroatoms. The second kappa shape index (κ2) is 32.4. The Kier molecular flexibility index (Phi) is 27.5. The van der Waals surface area contributed by atoms with Crippen LogP contribution < -0.4 is 31.0 Å². The highest BCUT2D eigenvalue weighted by Gasteiger charge is 2.26. The number of fused-ring (bicyclic) bond motifs is 1. The average Bonchev–Trinajstić information content (AvgIpc) is 4.19. The number of nitro groups is 4. The van der Waals surface area contributed by atoms with Gasteiger partial charge in [-0.25, -0.2) is 24.4 Å². The molecule has 0 saturated heterocycles. The van der Waals surface area contributed by atoms with Crippen LogP contribution in [0.25, 0.3) is 0 Å². The number of hydrogen-bond acceptors (Lipinski definition) is 22. The van der Waals surface area contributed by atoms with Crippen molar-refractivity contribution in [1.82, 2.24) is 38.7 Å². The molecular formula is C46H54ClN15O16S2. The molecule has 0 aliphatic carbocycles. The van der Waals surface area contributed by atoms with Crippen LogP contribution in [0.15, 0.2) is 110 Å². The number of hydrogen-bond donors (Lipinski definition) is 4. The van der Waals surface area contributed by atoms with Gasteiger partial charge in [-0.3, -0.25) is 54.4 Å². The number of nitrogen functional groups attached to an aromatic ring is 2. The van der Waals surface area contributed by atoms with Crippen molar-refractivity contribution in [3.63, 3.8) is 0 Å². The maximum Gasteiger partial charge on any atom is 0.414 e. The summed E-state index contributed by atoms with van der Waals surface area (Å²) in [5.74, 6) is 0.419. The molecule has 0 bridgehead atoms. The van der Waals surface area contributed by atoms with E-state index >= 15 is 0 Å². The Hall–Kier alpha value is -10.2. The van der Waals surface area contributed by atoms with E-state index in [1.165, 1.54) is 34.9 Å². The number of nitro benzene ring substituents is 4. The molecule has 0 saturated carbocycles. The number of ether oxygens (including phenoxy) is 3. The van der Waals surface area contributed by atoms with Gasteiger partial charge in [0.1, 0.15) is 35.7 Å². The Bertz CT molecular complexity index is 3130. The van der Waals surface area contributed by atoms with Crippen LogP contribution >= 0.6 is 36.0 Å². The summed E-state index contributed by atoms with van der Waals surface area (Å²) in [6.07, 6.45) is 9.40. The molecule has 6 aromatic rings. The van der Waals surface area contributed by atoms with Gasteiger partial charge in [0, 0.05) is 111 Å². The van der Waals surface area contributed by atoms with E-state index in [1.54, 1.807) is 107 Å². The van der Waals surface area contributed by atoms with Crippen LogP contribution in [0.1, 0.15) is 13.0 Å². The Labute approximate surface area is 471 Å². The third-order valence-corrected chi connectivity index (χ3v) is 9.97. The highest BCUT2D eigenvalue weighted by Crippen LogP contribution is 2.32. The van der Waals surface area contributed by atoms with Crippen molar-refractivity contribution >= 4 is 110 Å². The molecule has 3 heterocycles. The van der Waals surface area contributed by atoms with E-state index in [4.69, 9.17) is 66.8 Å². The van der Waals surface area contributed by atoms with E-state index in [2.05, 4.69) is 15.3 Å². The average molecular weight is 1170 g/mol. The molecule has 0 atom stereocenters. The van der Waals surface area contributed by atoms with Gasteiger partial charge in [0.25, 0.3) is 0 Å². The third-order valence-electron chi connectivity index (χ3n) is 8.97. The highest BCUT2D eigenvalue weighted by atomic mass is 35.5. The van der Waals surface area contributed by atoms with E-state index in [-0.39, 0.29) is 25.0 Å². The van der Waals surface area contributed by atoms with Crippen LogP contribution in [0.2, 0.25) is 0 Å². The number of nitrogens with zero attached hydrogens (tertiary/aromatic N) is 12. The molecule has 1 aliphatic rings. The number of phenolic OH excluding ortho intramolecular Hbond substituents is 1. The van der Waals surface area contributed by atoms with Gasteiger partial charge in [-0.1, -0.05) is 19.6 Å². The zero-order chi connectivity index (χ0) is 59.8. The lowest BCUT2D eigenvalue weighted by atomic mass is 10.1. The maximum atomic E-state index is 11.3. The van der Waals surface area contributed by atoms with E-state index in [1.807, 2.05) is 12.1 Å². The number of nitrogens with one attached hydrogen (secondary N) is 1. The van der Waals surface area contributed by atoms with Crippen molar-refractivity contribution in [2.75, 3.05) is 73.2 Å².